The zero-order valence-corrected chi connectivity index (χ0v) is 11.5. The third kappa shape index (κ3) is 2.39. The molecule has 1 saturated carbocycles. The van der Waals surface area contributed by atoms with E-state index in [0.29, 0.717) is 12.5 Å². The number of amides is 1. The van der Waals surface area contributed by atoms with Gasteiger partial charge < -0.3 is 11.1 Å². The zero-order valence-electron chi connectivity index (χ0n) is 11.5. The fourth-order valence-electron chi connectivity index (χ4n) is 3.17. The lowest BCUT2D eigenvalue weighted by Gasteiger charge is -2.30. The molecule has 1 aromatic rings. The third-order valence-electron chi connectivity index (χ3n) is 4.73. The molecule has 3 heteroatoms. The normalized spacial score (nSPS) is 21.8. The Hall–Kier alpha value is -1.35. The predicted octanol–water partition coefficient (Wildman–Crippen LogP) is 1.64. The lowest BCUT2D eigenvalue weighted by molar-refractivity contribution is -0.126. The minimum atomic E-state index is -0.203. The molecule has 1 atom stereocenters. The van der Waals surface area contributed by atoms with Crippen LogP contribution in [0.25, 0.3) is 0 Å². The molecule has 0 spiro atoms. The van der Waals surface area contributed by atoms with Crippen LogP contribution in [0, 0.1) is 11.8 Å². The Labute approximate surface area is 114 Å². The molecule has 19 heavy (non-hydrogen) atoms. The van der Waals surface area contributed by atoms with Gasteiger partial charge in [-0.2, -0.15) is 0 Å². The molecule has 0 heterocycles. The molecule has 0 aromatic heterocycles. The molecule has 1 amide bonds. The number of hydrogen-bond acceptors (Lipinski definition) is 2. The van der Waals surface area contributed by atoms with Crippen LogP contribution >= 0.6 is 0 Å². The summed E-state index contributed by atoms with van der Waals surface area (Å²) in [4.78, 5) is 12.5. The van der Waals surface area contributed by atoms with Crippen LogP contribution in [0.4, 0.5) is 0 Å². The largest absolute Gasteiger partial charge is 0.349 e. The topological polar surface area (TPSA) is 55.1 Å². The van der Waals surface area contributed by atoms with Gasteiger partial charge in [0.15, 0.2) is 0 Å². The number of fused-ring (bicyclic) bond motifs is 1. The highest BCUT2D eigenvalue weighted by Crippen LogP contribution is 2.39. The number of carbonyl (C=O) groups is 1. The van der Waals surface area contributed by atoms with E-state index in [2.05, 4.69) is 24.4 Å². The lowest BCUT2D eigenvalue weighted by atomic mass is 9.94. The first-order valence-corrected chi connectivity index (χ1v) is 7.21. The standard InChI is InChI=1S/C16H22N2O/c1-16(10-17,14-6-7-14)18-15(19)13-8-11-4-2-3-5-12(11)9-13/h2-5,13-14H,6-10,17H2,1H3,(H,18,19). The highest BCUT2D eigenvalue weighted by Gasteiger charge is 2.42. The summed E-state index contributed by atoms with van der Waals surface area (Å²) in [6.07, 6.45) is 4.12. The molecule has 1 aromatic carbocycles. The monoisotopic (exact) mass is 258 g/mol. The lowest BCUT2D eigenvalue weighted by Crippen LogP contribution is -2.54. The number of carbonyl (C=O) groups excluding carboxylic acids is 1. The summed E-state index contributed by atoms with van der Waals surface area (Å²) in [6, 6.07) is 8.36. The second-order valence-corrected chi connectivity index (χ2v) is 6.26. The van der Waals surface area contributed by atoms with Gasteiger partial charge in [0, 0.05) is 12.5 Å². The van der Waals surface area contributed by atoms with Crippen LogP contribution in [-0.4, -0.2) is 18.0 Å². The van der Waals surface area contributed by atoms with Gasteiger partial charge in [-0.25, -0.2) is 0 Å². The van der Waals surface area contributed by atoms with Crippen LogP contribution in [0.1, 0.15) is 30.9 Å². The van der Waals surface area contributed by atoms with Crippen LogP contribution in [0.3, 0.4) is 0 Å². The SMILES string of the molecule is CC(CN)(NC(=O)C1Cc2ccccc2C1)C1CC1. The van der Waals surface area contributed by atoms with E-state index in [-0.39, 0.29) is 17.4 Å². The Bertz CT molecular complexity index is 470. The van der Waals surface area contributed by atoms with E-state index in [1.165, 1.54) is 24.0 Å². The Balaban J connectivity index is 1.66. The van der Waals surface area contributed by atoms with E-state index < -0.39 is 0 Å². The molecule has 0 bridgehead atoms. The van der Waals surface area contributed by atoms with Crippen molar-refractivity contribution in [1.29, 1.82) is 0 Å². The molecule has 0 radical (unpaired) electrons. The molecule has 0 aliphatic heterocycles. The van der Waals surface area contributed by atoms with Gasteiger partial charge in [-0.15, -0.1) is 0 Å². The molecule has 3 N–H and O–H groups in total. The van der Waals surface area contributed by atoms with Crippen molar-refractivity contribution >= 4 is 5.91 Å². The van der Waals surface area contributed by atoms with Crippen molar-refractivity contribution in [2.45, 2.75) is 38.1 Å². The van der Waals surface area contributed by atoms with E-state index in [4.69, 9.17) is 5.73 Å². The summed E-state index contributed by atoms with van der Waals surface area (Å²) in [5.74, 6) is 0.836. The Morgan fingerprint density at radius 3 is 2.37 bits per heavy atom. The van der Waals surface area contributed by atoms with E-state index >= 15 is 0 Å². The minimum Gasteiger partial charge on any atom is -0.349 e. The quantitative estimate of drug-likeness (QED) is 0.862. The summed E-state index contributed by atoms with van der Waals surface area (Å²) < 4.78 is 0. The van der Waals surface area contributed by atoms with Crippen molar-refractivity contribution in [2.75, 3.05) is 6.54 Å². The number of nitrogens with one attached hydrogen (secondary N) is 1. The fraction of sp³-hybridized carbons (Fsp3) is 0.562. The highest BCUT2D eigenvalue weighted by molar-refractivity contribution is 5.81. The Kier molecular flexibility index (Phi) is 3.09. The van der Waals surface area contributed by atoms with Crippen molar-refractivity contribution in [3.05, 3.63) is 35.4 Å². The van der Waals surface area contributed by atoms with Crippen molar-refractivity contribution < 1.29 is 4.79 Å². The summed E-state index contributed by atoms with van der Waals surface area (Å²) >= 11 is 0. The summed E-state index contributed by atoms with van der Waals surface area (Å²) in [6.45, 7) is 2.62. The average molecular weight is 258 g/mol. The zero-order chi connectivity index (χ0) is 13.5. The molecule has 1 fully saturated rings. The van der Waals surface area contributed by atoms with Gasteiger partial charge in [-0.1, -0.05) is 24.3 Å². The van der Waals surface area contributed by atoms with Gasteiger partial charge in [-0.3, -0.25) is 4.79 Å². The highest BCUT2D eigenvalue weighted by atomic mass is 16.2. The molecule has 3 nitrogen and oxygen atoms in total. The Morgan fingerprint density at radius 2 is 1.89 bits per heavy atom. The molecule has 1 unspecified atom stereocenters. The predicted molar refractivity (Wildman–Crippen MR) is 75.7 cm³/mol. The third-order valence-corrected chi connectivity index (χ3v) is 4.73. The summed E-state index contributed by atoms with van der Waals surface area (Å²) in [7, 11) is 0. The van der Waals surface area contributed by atoms with Crippen molar-refractivity contribution in [3.63, 3.8) is 0 Å². The van der Waals surface area contributed by atoms with Crippen LogP contribution in [0.2, 0.25) is 0 Å². The van der Waals surface area contributed by atoms with Crippen molar-refractivity contribution in [2.24, 2.45) is 17.6 Å². The number of nitrogens with two attached hydrogens (primary N) is 1. The van der Waals surface area contributed by atoms with Gasteiger partial charge in [0.1, 0.15) is 0 Å². The smallest absolute Gasteiger partial charge is 0.224 e. The maximum absolute atomic E-state index is 12.5. The fourth-order valence-corrected chi connectivity index (χ4v) is 3.17. The minimum absolute atomic E-state index is 0.0852. The molecule has 2 aliphatic carbocycles. The number of benzene rings is 1. The van der Waals surface area contributed by atoms with Crippen molar-refractivity contribution in [3.8, 4) is 0 Å². The van der Waals surface area contributed by atoms with Gasteiger partial charge in [0.2, 0.25) is 5.91 Å². The van der Waals surface area contributed by atoms with Crippen LogP contribution < -0.4 is 11.1 Å². The average Bonchev–Trinajstić information content (AvgIpc) is 3.18. The summed E-state index contributed by atoms with van der Waals surface area (Å²) in [5, 5.41) is 3.22. The maximum Gasteiger partial charge on any atom is 0.224 e. The van der Waals surface area contributed by atoms with E-state index in [1.807, 2.05) is 12.1 Å². The second kappa shape index (κ2) is 4.64. The molecule has 0 saturated heterocycles. The summed E-state index contributed by atoms with van der Waals surface area (Å²) in [5.41, 5.74) is 8.31. The molecule has 102 valence electrons. The molecule has 3 rings (SSSR count). The van der Waals surface area contributed by atoms with E-state index in [9.17, 15) is 4.79 Å². The molecule has 2 aliphatic rings. The first kappa shape index (κ1) is 12.7. The van der Waals surface area contributed by atoms with Gasteiger partial charge in [-0.05, 0) is 49.7 Å². The maximum atomic E-state index is 12.5. The van der Waals surface area contributed by atoms with E-state index in [0.717, 1.165) is 12.8 Å². The van der Waals surface area contributed by atoms with Gasteiger partial charge >= 0.3 is 0 Å². The van der Waals surface area contributed by atoms with Crippen LogP contribution in [0.5, 0.6) is 0 Å². The van der Waals surface area contributed by atoms with Gasteiger partial charge in [0.05, 0.1) is 5.54 Å². The van der Waals surface area contributed by atoms with E-state index in [1.54, 1.807) is 0 Å². The number of rotatable bonds is 4. The Morgan fingerprint density at radius 1 is 1.32 bits per heavy atom. The van der Waals surface area contributed by atoms with Crippen LogP contribution in [0.15, 0.2) is 24.3 Å². The van der Waals surface area contributed by atoms with Gasteiger partial charge in [0.25, 0.3) is 0 Å². The first-order valence-electron chi connectivity index (χ1n) is 7.21. The van der Waals surface area contributed by atoms with Crippen molar-refractivity contribution in [1.82, 2.24) is 5.32 Å². The van der Waals surface area contributed by atoms with Crippen LogP contribution in [-0.2, 0) is 17.6 Å². The number of hydrogen-bond donors (Lipinski definition) is 2. The first-order chi connectivity index (χ1) is 9.12. The molecular formula is C16H22N2O. The molecular weight excluding hydrogens is 236 g/mol. The second-order valence-electron chi connectivity index (χ2n) is 6.26.